The number of benzene rings is 1. The highest BCUT2D eigenvalue weighted by Gasteiger charge is 2.45. The van der Waals surface area contributed by atoms with E-state index in [-0.39, 0.29) is 0 Å². The maximum atomic E-state index is 11.2. The van der Waals surface area contributed by atoms with Crippen LogP contribution in [0.4, 0.5) is 0 Å². The molecule has 4 heteroatoms. The van der Waals surface area contributed by atoms with Crippen LogP contribution in [0.2, 0.25) is 0 Å². The van der Waals surface area contributed by atoms with Crippen LogP contribution in [0, 0.1) is 0 Å². The smallest absolute Gasteiger partial charge is 0.0928 e. The predicted molar refractivity (Wildman–Crippen MR) is 89.0 cm³/mol. The molecule has 120 valence electrons. The molecule has 2 atom stereocenters. The summed E-state index contributed by atoms with van der Waals surface area (Å²) in [4.78, 5) is 6.74. The Morgan fingerprint density at radius 2 is 1.78 bits per heavy atom. The fraction of sp³-hybridized carbons (Fsp3) is 0.421. The Labute approximate surface area is 136 Å². The third-order valence-corrected chi connectivity index (χ3v) is 5.30. The van der Waals surface area contributed by atoms with Gasteiger partial charge in [0.1, 0.15) is 0 Å². The summed E-state index contributed by atoms with van der Waals surface area (Å²) in [5.74, 6) is 0. The fourth-order valence-electron chi connectivity index (χ4n) is 3.86. The summed E-state index contributed by atoms with van der Waals surface area (Å²) in [6, 6.07) is 14.7. The lowest BCUT2D eigenvalue weighted by atomic mass is 9.77. The van der Waals surface area contributed by atoms with Gasteiger partial charge in [-0.15, -0.1) is 0 Å². The fourth-order valence-corrected chi connectivity index (χ4v) is 3.86. The number of fused-ring (bicyclic) bond motifs is 2. The van der Waals surface area contributed by atoms with E-state index in [1.165, 1.54) is 0 Å². The molecule has 1 aromatic heterocycles. The van der Waals surface area contributed by atoms with Crippen molar-refractivity contribution in [2.45, 2.75) is 30.5 Å². The minimum Gasteiger partial charge on any atom is -0.385 e. The van der Waals surface area contributed by atoms with E-state index in [1.54, 1.807) is 6.20 Å². The largest absolute Gasteiger partial charge is 0.385 e. The lowest BCUT2D eigenvalue weighted by Gasteiger charge is -2.50. The quantitative estimate of drug-likeness (QED) is 0.925. The first kappa shape index (κ1) is 14.8. The third-order valence-electron chi connectivity index (χ3n) is 5.30. The molecule has 2 aromatic rings. The van der Waals surface area contributed by atoms with Crippen molar-refractivity contribution in [2.24, 2.45) is 0 Å². The number of aromatic nitrogens is 1. The van der Waals surface area contributed by atoms with Crippen molar-refractivity contribution >= 4 is 0 Å². The molecule has 2 aliphatic heterocycles. The van der Waals surface area contributed by atoms with Gasteiger partial charge in [0.25, 0.3) is 0 Å². The van der Waals surface area contributed by atoms with Gasteiger partial charge in [0.2, 0.25) is 0 Å². The van der Waals surface area contributed by atoms with Crippen molar-refractivity contribution in [3.8, 4) is 11.3 Å². The monoisotopic (exact) mass is 310 g/mol. The van der Waals surface area contributed by atoms with Crippen LogP contribution in [0.25, 0.3) is 11.3 Å². The van der Waals surface area contributed by atoms with Gasteiger partial charge in [-0.25, -0.2) is 0 Å². The lowest BCUT2D eigenvalue weighted by Crippen LogP contribution is -2.59. The van der Waals surface area contributed by atoms with Crippen LogP contribution in [0.3, 0.4) is 0 Å². The molecule has 1 N–H and O–H groups in total. The Bertz CT molecular complexity index is 658. The summed E-state index contributed by atoms with van der Waals surface area (Å²) in [6.45, 7) is 1.42. The third kappa shape index (κ3) is 2.67. The average molecular weight is 310 g/mol. The molecule has 23 heavy (non-hydrogen) atoms. The molecule has 4 rings (SSSR count). The highest BCUT2D eigenvalue weighted by atomic mass is 16.5. The van der Waals surface area contributed by atoms with Crippen molar-refractivity contribution in [1.29, 1.82) is 0 Å². The first-order valence-corrected chi connectivity index (χ1v) is 8.20. The Morgan fingerprint density at radius 3 is 2.39 bits per heavy atom. The first-order valence-electron chi connectivity index (χ1n) is 8.20. The van der Waals surface area contributed by atoms with Gasteiger partial charge in [-0.2, -0.15) is 0 Å². The molecule has 2 saturated heterocycles. The van der Waals surface area contributed by atoms with Gasteiger partial charge in [-0.1, -0.05) is 30.3 Å². The van der Waals surface area contributed by atoms with Crippen molar-refractivity contribution in [3.63, 3.8) is 0 Å². The second-order valence-electron chi connectivity index (χ2n) is 6.74. The van der Waals surface area contributed by atoms with Crippen molar-refractivity contribution in [3.05, 3.63) is 54.2 Å². The SMILES string of the molecule is CN1C2COCC1CC(O)(c1ccc(-c3ccccn3)cc1)C2. The second-order valence-corrected chi connectivity index (χ2v) is 6.74. The molecule has 0 saturated carbocycles. The maximum Gasteiger partial charge on any atom is 0.0928 e. The Kier molecular flexibility index (Phi) is 3.68. The van der Waals surface area contributed by atoms with Crippen LogP contribution in [0.5, 0.6) is 0 Å². The Balaban J connectivity index is 1.60. The molecule has 0 amide bonds. The zero-order valence-electron chi connectivity index (χ0n) is 13.4. The number of nitrogens with zero attached hydrogens (tertiary/aromatic N) is 2. The van der Waals surface area contributed by atoms with Crippen LogP contribution in [-0.4, -0.2) is 47.3 Å². The molecule has 3 heterocycles. The van der Waals surface area contributed by atoms with Crippen molar-refractivity contribution < 1.29 is 9.84 Å². The van der Waals surface area contributed by atoms with Crippen LogP contribution >= 0.6 is 0 Å². The van der Waals surface area contributed by atoms with Gasteiger partial charge in [0, 0.05) is 23.8 Å². The predicted octanol–water partition coefficient (Wildman–Crippen LogP) is 2.43. The second kappa shape index (κ2) is 5.71. The molecule has 2 bridgehead atoms. The number of pyridine rings is 1. The summed E-state index contributed by atoms with van der Waals surface area (Å²) in [5, 5.41) is 11.2. The molecule has 0 radical (unpaired) electrons. The molecule has 2 aliphatic rings. The summed E-state index contributed by atoms with van der Waals surface area (Å²) >= 11 is 0. The molecule has 0 spiro atoms. The van der Waals surface area contributed by atoms with E-state index in [0.29, 0.717) is 25.3 Å². The van der Waals surface area contributed by atoms with Gasteiger partial charge < -0.3 is 9.84 Å². The normalized spacial score (nSPS) is 31.0. The molecule has 0 aliphatic carbocycles. The number of hydrogen-bond donors (Lipinski definition) is 1. The highest BCUT2D eigenvalue weighted by molar-refractivity contribution is 5.59. The summed E-state index contributed by atoms with van der Waals surface area (Å²) in [5.41, 5.74) is 2.28. The summed E-state index contributed by atoms with van der Waals surface area (Å²) in [6.07, 6.45) is 3.25. The zero-order valence-corrected chi connectivity index (χ0v) is 13.4. The standard InChI is InChI=1S/C19H22N2O2/c1-21-16-10-19(22,11-17(21)13-23-12-16)15-7-5-14(6-8-15)18-4-2-3-9-20-18/h2-9,16-17,22H,10-13H2,1H3. The molecule has 2 fully saturated rings. The summed E-state index contributed by atoms with van der Waals surface area (Å²) in [7, 11) is 2.14. The number of aliphatic hydroxyl groups is 1. The van der Waals surface area contributed by atoms with Crippen LogP contribution in [-0.2, 0) is 10.3 Å². The van der Waals surface area contributed by atoms with Crippen LogP contribution < -0.4 is 0 Å². The van der Waals surface area contributed by atoms with Gasteiger partial charge in [-0.3, -0.25) is 9.88 Å². The number of ether oxygens (including phenoxy) is 1. The summed E-state index contributed by atoms with van der Waals surface area (Å²) < 4.78 is 5.65. The number of likely N-dealkylation sites (N-methyl/N-ethyl adjacent to an activating group) is 1. The lowest BCUT2D eigenvalue weighted by molar-refractivity contribution is -0.137. The highest BCUT2D eigenvalue weighted by Crippen LogP contribution is 2.40. The zero-order chi connectivity index (χ0) is 15.9. The molecule has 1 aromatic carbocycles. The van der Waals surface area contributed by atoms with E-state index < -0.39 is 5.60 Å². The van der Waals surface area contributed by atoms with Crippen LogP contribution in [0.1, 0.15) is 18.4 Å². The first-order chi connectivity index (χ1) is 11.2. The van der Waals surface area contributed by atoms with E-state index in [4.69, 9.17) is 4.74 Å². The molecule has 4 nitrogen and oxygen atoms in total. The number of rotatable bonds is 2. The van der Waals surface area contributed by atoms with E-state index in [0.717, 1.165) is 29.7 Å². The van der Waals surface area contributed by atoms with E-state index in [1.807, 2.05) is 30.3 Å². The van der Waals surface area contributed by atoms with E-state index >= 15 is 0 Å². The number of piperidine rings is 1. The maximum absolute atomic E-state index is 11.2. The Hall–Kier alpha value is -1.75. The van der Waals surface area contributed by atoms with Gasteiger partial charge in [-0.05, 0) is 37.6 Å². The Morgan fingerprint density at radius 1 is 1.09 bits per heavy atom. The molecular weight excluding hydrogens is 288 g/mol. The van der Waals surface area contributed by atoms with E-state index in [9.17, 15) is 5.11 Å². The number of morpholine rings is 1. The van der Waals surface area contributed by atoms with Gasteiger partial charge in [0.15, 0.2) is 0 Å². The average Bonchev–Trinajstić information content (AvgIpc) is 2.57. The van der Waals surface area contributed by atoms with Crippen LogP contribution in [0.15, 0.2) is 48.7 Å². The van der Waals surface area contributed by atoms with Gasteiger partial charge in [0.05, 0.1) is 24.5 Å². The van der Waals surface area contributed by atoms with Crippen molar-refractivity contribution in [1.82, 2.24) is 9.88 Å². The molecule has 2 unspecified atom stereocenters. The minimum absolute atomic E-state index is 0.294. The van der Waals surface area contributed by atoms with E-state index in [2.05, 4.69) is 29.1 Å². The topological polar surface area (TPSA) is 45.6 Å². The van der Waals surface area contributed by atoms with Crippen molar-refractivity contribution in [2.75, 3.05) is 20.3 Å². The van der Waals surface area contributed by atoms with Gasteiger partial charge >= 0.3 is 0 Å². The molecular formula is C19H22N2O2. The number of hydrogen-bond acceptors (Lipinski definition) is 4. The minimum atomic E-state index is -0.756.